The lowest BCUT2D eigenvalue weighted by atomic mass is 10.1. The number of carbonyl (C=O) groups is 1. The Bertz CT molecular complexity index is 634. The van der Waals surface area contributed by atoms with E-state index in [-0.39, 0.29) is 30.5 Å². The third-order valence-corrected chi connectivity index (χ3v) is 3.80. The average Bonchev–Trinajstić information content (AvgIpc) is 2.53. The van der Waals surface area contributed by atoms with Crippen LogP contribution in [0.2, 0.25) is 0 Å². The Morgan fingerprint density at radius 3 is 2.36 bits per heavy atom. The number of rotatable bonds is 4. The Morgan fingerprint density at radius 2 is 1.88 bits per heavy atom. The highest BCUT2D eigenvalue weighted by molar-refractivity contribution is 5.85. The van der Waals surface area contributed by atoms with Gasteiger partial charge < -0.3 is 15.1 Å². The van der Waals surface area contributed by atoms with Crippen molar-refractivity contribution in [2.75, 3.05) is 44.7 Å². The Labute approximate surface area is 148 Å². The van der Waals surface area contributed by atoms with Gasteiger partial charge in [0.05, 0.1) is 17.0 Å². The Kier molecular flexibility index (Phi) is 7.00. The zero-order valence-corrected chi connectivity index (χ0v) is 14.2. The molecule has 1 amide bonds. The number of likely N-dealkylation sites (N-methyl/N-ethyl adjacent to an activating group) is 1. The molecule has 1 aromatic carbocycles. The second-order valence-corrected chi connectivity index (χ2v) is 5.36. The Balaban J connectivity index is 0.00000312. The normalized spacial score (nSPS) is 14.9. The zero-order valence-electron chi connectivity index (χ0n) is 13.4. The molecule has 25 heavy (non-hydrogen) atoms. The van der Waals surface area contributed by atoms with E-state index in [4.69, 9.17) is 0 Å². The van der Waals surface area contributed by atoms with Gasteiger partial charge in [0.15, 0.2) is 0 Å². The third-order valence-electron chi connectivity index (χ3n) is 3.80. The molecule has 7 nitrogen and oxygen atoms in total. The molecule has 1 N–H and O–H groups in total. The van der Waals surface area contributed by atoms with Gasteiger partial charge in [0.1, 0.15) is 5.69 Å². The second kappa shape index (κ2) is 8.34. The maximum atomic E-state index is 12.7. The van der Waals surface area contributed by atoms with Crippen LogP contribution in [0.15, 0.2) is 18.2 Å². The number of carbonyl (C=O) groups excluding carboxylic acids is 1. The summed E-state index contributed by atoms with van der Waals surface area (Å²) in [5.41, 5.74) is -1.51. The number of nitro benzene ring substituents is 1. The fourth-order valence-corrected chi connectivity index (χ4v) is 2.57. The van der Waals surface area contributed by atoms with Crippen molar-refractivity contribution in [2.45, 2.75) is 6.18 Å². The molecule has 1 aliphatic heterocycles. The molecule has 0 saturated carbocycles. The largest absolute Gasteiger partial charge is 0.416 e. The van der Waals surface area contributed by atoms with E-state index in [0.717, 1.165) is 12.1 Å². The van der Waals surface area contributed by atoms with E-state index < -0.39 is 22.4 Å². The molecule has 0 atom stereocenters. The number of hydrogen-bond acceptors (Lipinski definition) is 5. The molecule has 1 aromatic rings. The molecule has 1 fully saturated rings. The van der Waals surface area contributed by atoms with E-state index in [1.807, 2.05) is 0 Å². The molecule has 11 heteroatoms. The van der Waals surface area contributed by atoms with Gasteiger partial charge in [0.2, 0.25) is 5.91 Å². The number of alkyl halides is 3. The van der Waals surface area contributed by atoms with Crippen LogP contribution in [0, 0.1) is 10.1 Å². The first kappa shape index (κ1) is 21.0. The van der Waals surface area contributed by atoms with Crippen LogP contribution in [-0.4, -0.2) is 55.5 Å². The van der Waals surface area contributed by atoms with E-state index in [0.29, 0.717) is 32.2 Å². The summed E-state index contributed by atoms with van der Waals surface area (Å²) in [7, 11) is 1.65. The minimum Gasteiger partial charge on any atom is -0.362 e. The van der Waals surface area contributed by atoms with Crippen LogP contribution in [0.4, 0.5) is 24.5 Å². The summed E-state index contributed by atoms with van der Waals surface area (Å²) in [4.78, 5) is 25.3. The minimum absolute atomic E-state index is 0. The van der Waals surface area contributed by atoms with Gasteiger partial charge in [-0.15, -0.1) is 12.4 Å². The molecule has 1 saturated heterocycles. The first-order valence-electron chi connectivity index (χ1n) is 7.27. The lowest BCUT2D eigenvalue weighted by Gasteiger charge is -2.35. The predicted molar refractivity (Wildman–Crippen MR) is 88.1 cm³/mol. The summed E-state index contributed by atoms with van der Waals surface area (Å²) in [6.07, 6.45) is -4.64. The van der Waals surface area contributed by atoms with Crippen LogP contribution in [0.1, 0.15) is 5.56 Å². The molecule has 0 unspecified atom stereocenters. The molecule has 0 bridgehead atoms. The van der Waals surface area contributed by atoms with Gasteiger partial charge in [-0.3, -0.25) is 14.9 Å². The fourth-order valence-electron chi connectivity index (χ4n) is 2.57. The van der Waals surface area contributed by atoms with Crippen LogP contribution < -0.4 is 10.2 Å². The van der Waals surface area contributed by atoms with Crippen molar-refractivity contribution in [3.63, 3.8) is 0 Å². The number of nitrogens with one attached hydrogen (secondary N) is 1. The van der Waals surface area contributed by atoms with E-state index in [2.05, 4.69) is 5.32 Å². The molecule has 0 aromatic heterocycles. The highest BCUT2D eigenvalue weighted by Crippen LogP contribution is 2.36. The summed E-state index contributed by atoms with van der Waals surface area (Å²) in [6.45, 7) is 1.56. The van der Waals surface area contributed by atoms with Crippen molar-refractivity contribution in [1.29, 1.82) is 0 Å². The first-order chi connectivity index (χ1) is 11.2. The second-order valence-electron chi connectivity index (χ2n) is 5.36. The van der Waals surface area contributed by atoms with Crippen LogP contribution in [0.5, 0.6) is 0 Å². The predicted octanol–water partition coefficient (Wildman–Crippen LogP) is 1.90. The zero-order chi connectivity index (χ0) is 17.9. The Morgan fingerprint density at radius 1 is 1.28 bits per heavy atom. The van der Waals surface area contributed by atoms with Gasteiger partial charge in [-0.05, 0) is 19.2 Å². The Hall–Kier alpha value is -2.07. The lowest BCUT2D eigenvalue weighted by Crippen LogP contribution is -2.50. The van der Waals surface area contributed by atoms with Gasteiger partial charge in [-0.25, -0.2) is 0 Å². The third kappa shape index (κ3) is 4.95. The maximum absolute atomic E-state index is 12.7. The van der Waals surface area contributed by atoms with E-state index >= 15 is 0 Å². The molecule has 0 spiro atoms. The highest BCUT2D eigenvalue weighted by atomic mass is 35.5. The molecular formula is C14H18ClF3N4O3. The van der Waals surface area contributed by atoms with Gasteiger partial charge in [0, 0.05) is 32.2 Å². The van der Waals surface area contributed by atoms with E-state index in [1.54, 1.807) is 16.8 Å². The SMILES string of the molecule is CNCC(=O)N1CCN(c2ccc(C(F)(F)F)cc2[N+](=O)[O-])CC1.Cl. The quantitative estimate of drug-likeness (QED) is 0.635. The summed E-state index contributed by atoms with van der Waals surface area (Å²) < 4.78 is 38.2. The molecule has 140 valence electrons. The number of amides is 1. The molecule has 1 heterocycles. The number of halogens is 4. The molecular weight excluding hydrogens is 365 g/mol. The van der Waals surface area contributed by atoms with Crippen LogP contribution >= 0.6 is 12.4 Å². The number of nitrogens with zero attached hydrogens (tertiary/aromatic N) is 3. The summed E-state index contributed by atoms with van der Waals surface area (Å²) >= 11 is 0. The summed E-state index contributed by atoms with van der Waals surface area (Å²) in [6, 6.07) is 2.50. The smallest absolute Gasteiger partial charge is 0.362 e. The van der Waals surface area contributed by atoms with Gasteiger partial charge in [0.25, 0.3) is 5.69 Å². The van der Waals surface area contributed by atoms with Crippen molar-refractivity contribution in [1.82, 2.24) is 10.2 Å². The highest BCUT2D eigenvalue weighted by Gasteiger charge is 2.34. The topological polar surface area (TPSA) is 78.7 Å². The van der Waals surface area contributed by atoms with E-state index in [9.17, 15) is 28.1 Å². The standard InChI is InChI=1S/C14H17F3N4O3.ClH/c1-18-9-13(22)20-6-4-19(5-7-20)11-3-2-10(14(15,16)17)8-12(11)21(23)24;/h2-3,8,18H,4-7,9H2,1H3;1H. The van der Waals surface area contributed by atoms with Crippen LogP contribution in [0.25, 0.3) is 0 Å². The van der Waals surface area contributed by atoms with Crippen molar-refractivity contribution >= 4 is 29.7 Å². The van der Waals surface area contributed by atoms with Crippen molar-refractivity contribution in [2.24, 2.45) is 0 Å². The maximum Gasteiger partial charge on any atom is 0.416 e. The van der Waals surface area contributed by atoms with Crippen molar-refractivity contribution < 1.29 is 22.9 Å². The lowest BCUT2D eigenvalue weighted by molar-refractivity contribution is -0.384. The first-order valence-corrected chi connectivity index (χ1v) is 7.27. The number of piperazine rings is 1. The molecule has 2 rings (SSSR count). The van der Waals surface area contributed by atoms with E-state index in [1.165, 1.54) is 0 Å². The molecule has 0 radical (unpaired) electrons. The molecule has 0 aliphatic carbocycles. The number of anilines is 1. The number of benzene rings is 1. The fraction of sp³-hybridized carbons (Fsp3) is 0.500. The van der Waals surface area contributed by atoms with Gasteiger partial charge in [-0.2, -0.15) is 13.2 Å². The summed E-state index contributed by atoms with van der Waals surface area (Å²) in [5.74, 6) is -0.0842. The van der Waals surface area contributed by atoms with Gasteiger partial charge in [-0.1, -0.05) is 0 Å². The van der Waals surface area contributed by atoms with Crippen molar-refractivity contribution in [3.8, 4) is 0 Å². The number of hydrogen-bond donors (Lipinski definition) is 1. The minimum atomic E-state index is -4.64. The van der Waals surface area contributed by atoms with Crippen LogP contribution in [0.3, 0.4) is 0 Å². The average molecular weight is 383 g/mol. The number of nitro groups is 1. The summed E-state index contributed by atoms with van der Waals surface area (Å²) in [5, 5.41) is 13.9. The van der Waals surface area contributed by atoms with Gasteiger partial charge >= 0.3 is 6.18 Å². The molecule has 1 aliphatic rings. The monoisotopic (exact) mass is 382 g/mol. The van der Waals surface area contributed by atoms with Crippen molar-refractivity contribution in [3.05, 3.63) is 33.9 Å². The van der Waals surface area contributed by atoms with Crippen LogP contribution in [-0.2, 0) is 11.0 Å².